The number of ether oxygens (including phenoxy) is 1. The molecular formula is C24H27N3O3. The summed E-state index contributed by atoms with van der Waals surface area (Å²) >= 11 is 0. The summed E-state index contributed by atoms with van der Waals surface area (Å²) < 4.78 is 11.3. The third-order valence-electron chi connectivity index (χ3n) is 5.48. The lowest BCUT2D eigenvalue weighted by Crippen LogP contribution is -2.27. The van der Waals surface area contributed by atoms with Crippen LogP contribution in [0.5, 0.6) is 5.75 Å². The molecular weight excluding hydrogens is 378 g/mol. The molecule has 6 heteroatoms. The molecule has 1 atom stereocenters. The first-order valence-corrected chi connectivity index (χ1v) is 10.5. The lowest BCUT2D eigenvalue weighted by molar-refractivity contribution is -0.129. The predicted octanol–water partition coefficient (Wildman–Crippen LogP) is 5.12. The highest BCUT2D eigenvalue weighted by atomic mass is 16.5. The van der Waals surface area contributed by atoms with Gasteiger partial charge in [0.15, 0.2) is 0 Å². The monoisotopic (exact) mass is 405 g/mol. The molecule has 6 nitrogen and oxygen atoms in total. The average Bonchev–Trinajstić information content (AvgIpc) is 3.36. The Labute approximate surface area is 176 Å². The molecule has 1 saturated heterocycles. The first kappa shape index (κ1) is 20.1. The molecule has 0 N–H and O–H groups in total. The van der Waals surface area contributed by atoms with Gasteiger partial charge in [-0.15, -0.1) is 0 Å². The van der Waals surface area contributed by atoms with Crippen LogP contribution in [0.1, 0.15) is 62.6 Å². The Morgan fingerprint density at radius 1 is 1.17 bits per heavy atom. The minimum Gasteiger partial charge on any atom is -0.493 e. The van der Waals surface area contributed by atoms with E-state index in [9.17, 15) is 4.79 Å². The summed E-state index contributed by atoms with van der Waals surface area (Å²) in [6.45, 7) is 7.38. The summed E-state index contributed by atoms with van der Waals surface area (Å²) in [5, 5.41) is 4.17. The van der Waals surface area contributed by atoms with Crippen molar-refractivity contribution in [2.24, 2.45) is 0 Å². The van der Waals surface area contributed by atoms with Crippen molar-refractivity contribution in [3.63, 3.8) is 0 Å². The van der Waals surface area contributed by atoms with E-state index in [4.69, 9.17) is 9.26 Å². The highest BCUT2D eigenvalue weighted by Crippen LogP contribution is 2.35. The van der Waals surface area contributed by atoms with Crippen LogP contribution in [0, 0.1) is 0 Å². The maximum Gasteiger partial charge on any atom is 0.249 e. The minimum atomic E-state index is -0.206. The number of hydrogen-bond acceptors (Lipinski definition) is 5. The van der Waals surface area contributed by atoms with E-state index in [0.29, 0.717) is 43.6 Å². The number of carbonyl (C=O) groups is 1. The van der Waals surface area contributed by atoms with Gasteiger partial charge in [-0.25, -0.2) is 0 Å². The molecule has 1 aromatic heterocycles. The molecule has 30 heavy (non-hydrogen) atoms. The Morgan fingerprint density at radius 3 is 2.67 bits per heavy atom. The third-order valence-corrected chi connectivity index (χ3v) is 5.48. The lowest BCUT2D eigenvalue weighted by atomic mass is 10.0. The molecule has 0 aliphatic carbocycles. The van der Waals surface area contributed by atoms with Gasteiger partial charge >= 0.3 is 0 Å². The van der Waals surface area contributed by atoms with Gasteiger partial charge < -0.3 is 14.2 Å². The average molecular weight is 405 g/mol. The SMILES string of the molecule is CCOc1ccccc1-c1noc(C2CCC(=O)N2Cc2ccc(C(C)C)cc2)n1. The van der Waals surface area contributed by atoms with Crippen LogP contribution in [0.25, 0.3) is 11.4 Å². The fraction of sp³-hybridized carbons (Fsp3) is 0.375. The van der Waals surface area contributed by atoms with Crippen molar-refractivity contribution in [3.8, 4) is 17.1 Å². The molecule has 0 radical (unpaired) electrons. The summed E-state index contributed by atoms with van der Waals surface area (Å²) in [6, 6.07) is 15.9. The van der Waals surface area contributed by atoms with Crippen molar-refractivity contribution in [2.75, 3.05) is 6.61 Å². The molecule has 2 aromatic carbocycles. The number of aromatic nitrogens is 2. The molecule has 1 aliphatic rings. The molecule has 2 heterocycles. The molecule has 3 aromatic rings. The van der Waals surface area contributed by atoms with Crippen LogP contribution in [0.15, 0.2) is 53.1 Å². The predicted molar refractivity (Wildman–Crippen MR) is 114 cm³/mol. The molecule has 0 bridgehead atoms. The van der Waals surface area contributed by atoms with E-state index in [1.54, 1.807) is 0 Å². The van der Waals surface area contributed by atoms with Gasteiger partial charge in [0.1, 0.15) is 11.8 Å². The smallest absolute Gasteiger partial charge is 0.249 e. The second-order valence-electron chi connectivity index (χ2n) is 7.86. The van der Waals surface area contributed by atoms with Gasteiger partial charge in [0.2, 0.25) is 17.6 Å². The zero-order chi connectivity index (χ0) is 21.1. The topological polar surface area (TPSA) is 68.5 Å². The molecule has 1 aliphatic heterocycles. The van der Waals surface area contributed by atoms with E-state index >= 15 is 0 Å². The number of amides is 1. The maximum atomic E-state index is 12.6. The van der Waals surface area contributed by atoms with Gasteiger partial charge in [0, 0.05) is 13.0 Å². The van der Waals surface area contributed by atoms with Crippen LogP contribution >= 0.6 is 0 Å². The number of para-hydroxylation sites is 1. The molecule has 0 spiro atoms. The highest BCUT2D eigenvalue weighted by molar-refractivity contribution is 5.79. The highest BCUT2D eigenvalue weighted by Gasteiger charge is 2.36. The fourth-order valence-corrected chi connectivity index (χ4v) is 3.81. The van der Waals surface area contributed by atoms with Crippen LogP contribution in [0.3, 0.4) is 0 Å². The molecule has 1 amide bonds. The molecule has 156 valence electrons. The van der Waals surface area contributed by atoms with Crippen molar-refractivity contribution in [2.45, 2.75) is 52.1 Å². The number of likely N-dealkylation sites (tertiary alicyclic amines) is 1. The Balaban J connectivity index is 1.56. The van der Waals surface area contributed by atoms with Crippen LogP contribution < -0.4 is 4.74 Å². The van der Waals surface area contributed by atoms with E-state index < -0.39 is 0 Å². The van der Waals surface area contributed by atoms with Gasteiger partial charge in [0.25, 0.3) is 0 Å². The van der Waals surface area contributed by atoms with Crippen molar-refractivity contribution in [1.29, 1.82) is 0 Å². The molecule has 1 fully saturated rings. The van der Waals surface area contributed by atoms with E-state index in [0.717, 1.165) is 16.9 Å². The molecule has 4 rings (SSSR count). The van der Waals surface area contributed by atoms with E-state index in [1.165, 1.54) is 5.56 Å². The van der Waals surface area contributed by atoms with Crippen molar-refractivity contribution in [3.05, 3.63) is 65.5 Å². The zero-order valence-corrected chi connectivity index (χ0v) is 17.7. The third kappa shape index (κ3) is 4.08. The summed E-state index contributed by atoms with van der Waals surface area (Å²) in [7, 11) is 0. The van der Waals surface area contributed by atoms with Gasteiger partial charge in [-0.2, -0.15) is 4.98 Å². The summed E-state index contributed by atoms with van der Waals surface area (Å²) in [6.07, 6.45) is 1.17. The number of nitrogens with zero attached hydrogens (tertiary/aromatic N) is 3. The fourth-order valence-electron chi connectivity index (χ4n) is 3.81. The standard InChI is InChI=1S/C24H27N3O3/c1-4-29-21-8-6-5-7-19(21)23-25-24(30-26-23)20-13-14-22(28)27(20)15-17-9-11-18(12-10-17)16(2)3/h5-12,16,20H,4,13-15H2,1-3H3. The zero-order valence-electron chi connectivity index (χ0n) is 17.7. The van der Waals surface area contributed by atoms with Gasteiger partial charge in [-0.3, -0.25) is 4.79 Å². The normalized spacial score (nSPS) is 16.5. The number of hydrogen-bond donors (Lipinski definition) is 0. The van der Waals surface area contributed by atoms with Crippen molar-refractivity contribution < 1.29 is 14.1 Å². The Bertz CT molecular complexity index is 1010. The Morgan fingerprint density at radius 2 is 1.93 bits per heavy atom. The van der Waals surface area contributed by atoms with Crippen LogP contribution in [-0.4, -0.2) is 27.6 Å². The van der Waals surface area contributed by atoms with E-state index in [-0.39, 0.29) is 11.9 Å². The van der Waals surface area contributed by atoms with Gasteiger partial charge in [-0.1, -0.05) is 55.4 Å². The van der Waals surface area contributed by atoms with Crippen molar-refractivity contribution >= 4 is 5.91 Å². The van der Waals surface area contributed by atoms with Crippen LogP contribution in [-0.2, 0) is 11.3 Å². The van der Waals surface area contributed by atoms with Crippen LogP contribution in [0.4, 0.5) is 0 Å². The number of benzene rings is 2. The summed E-state index contributed by atoms with van der Waals surface area (Å²) in [4.78, 5) is 19.0. The quantitative estimate of drug-likeness (QED) is 0.545. The van der Waals surface area contributed by atoms with Gasteiger partial charge in [0.05, 0.1) is 12.2 Å². The number of carbonyl (C=O) groups excluding carboxylic acids is 1. The maximum absolute atomic E-state index is 12.6. The minimum absolute atomic E-state index is 0.113. The van der Waals surface area contributed by atoms with E-state index in [2.05, 4.69) is 48.3 Å². The number of rotatable bonds is 7. The van der Waals surface area contributed by atoms with Gasteiger partial charge in [-0.05, 0) is 42.5 Å². The second kappa shape index (κ2) is 8.69. The van der Waals surface area contributed by atoms with E-state index in [1.807, 2.05) is 36.1 Å². The van der Waals surface area contributed by atoms with Crippen LogP contribution in [0.2, 0.25) is 0 Å². The largest absolute Gasteiger partial charge is 0.493 e. The Kier molecular flexibility index (Phi) is 5.84. The lowest BCUT2D eigenvalue weighted by Gasteiger charge is -2.22. The first-order chi connectivity index (χ1) is 14.6. The summed E-state index contributed by atoms with van der Waals surface area (Å²) in [5.41, 5.74) is 3.17. The first-order valence-electron chi connectivity index (χ1n) is 10.5. The molecule has 1 unspecified atom stereocenters. The summed E-state index contributed by atoms with van der Waals surface area (Å²) in [5.74, 6) is 2.27. The Hall–Kier alpha value is -3.15. The molecule has 0 saturated carbocycles. The van der Waals surface area contributed by atoms with Crippen molar-refractivity contribution in [1.82, 2.24) is 15.0 Å². The second-order valence-corrected chi connectivity index (χ2v) is 7.86.